The van der Waals surface area contributed by atoms with Crippen LogP contribution in [0.3, 0.4) is 0 Å². The Balaban J connectivity index is 1.11. The molecule has 272 valence electrons. The van der Waals surface area contributed by atoms with Gasteiger partial charge in [-0.15, -0.1) is 0 Å². The van der Waals surface area contributed by atoms with Crippen molar-refractivity contribution in [3.05, 3.63) is 198 Å². The third-order valence-electron chi connectivity index (χ3n) is 13.3. The second kappa shape index (κ2) is 11.4. The van der Waals surface area contributed by atoms with Gasteiger partial charge in [0.2, 0.25) is 0 Å². The van der Waals surface area contributed by atoms with Gasteiger partial charge in [0, 0.05) is 43.7 Å². The van der Waals surface area contributed by atoms with E-state index in [1.807, 2.05) is 0 Å². The summed E-state index contributed by atoms with van der Waals surface area (Å²) in [5, 5.41) is 5.01. The van der Waals surface area contributed by atoms with Crippen molar-refractivity contribution >= 4 is 60.7 Å². The minimum atomic E-state index is -0.195. The molecule has 0 aliphatic carbocycles. The molecule has 3 nitrogen and oxygen atoms in total. The van der Waals surface area contributed by atoms with Gasteiger partial charge in [-0.3, -0.25) is 0 Å². The van der Waals surface area contributed by atoms with E-state index in [2.05, 4.69) is 218 Å². The molecule has 2 aromatic heterocycles. The van der Waals surface area contributed by atoms with Gasteiger partial charge in [-0.05, 0) is 94.0 Å². The number of nitrogens with zero attached hydrogens (tertiary/aromatic N) is 3. The Morgan fingerprint density at radius 1 is 0.351 bits per heavy atom. The SMILES string of the molecule is CC1(C)c2ccccc2N2c3ccc(-c4ccc5c(c4)c4ccc6c7ccccc7n(-c7ccccc7)c6c4n5-c4ccccc4)cc3C(C)(C)c3cccc1c32. The molecule has 0 saturated carbocycles. The number of rotatable bonds is 3. The average Bonchev–Trinajstić information content (AvgIpc) is 3.77. The molecule has 0 fully saturated rings. The molecule has 10 aromatic rings. The Hall–Kier alpha value is -6.84. The lowest BCUT2D eigenvalue weighted by atomic mass is 9.66. The fourth-order valence-corrected chi connectivity index (χ4v) is 10.5. The van der Waals surface area contributed by atoms with Crippen LogP contribution < -0.4 is 4.90 Å². The van der Waals surface area contributed by atoms with Crippen molar-refractivity contribution in [1.29, 1.82) is 0 Å². The summed E-state index contributed by atoms with van der Waals surface area (Å²) in [4.78, 5) is 2.55. The van der Waals surface area contributed by atoms with Crippen molar-refractivity contribution in [2.75, 3.05) is 4.90 Å². The van der Waals surface area contributed by atoms with Gasteiger partial charge in [0.25, 0.3) is 0 Å². The fraction of sp³-hybridized carbons (Fsp3) is 0.111. The minimum absolute atomic E-state index is 0.0959. The summed E-state index contributed by atoms with van der Waals surface area (Å²) in [6.45, 7) is 9.57. The molecule has 0 atom stereocenters. The van der Waals surface area contributed by atoms with E-state index < -0.39 is 0 Å². The molecule has 0 N–H and O–H groups in total. The predicted octanol–water partition coefficient (Wildman–Crippen LogP) is 14.3. The van der Waals surface area contributed by atoms with Gasteiger partial charge >= 0.3 is 0 Å². The molecule has 2 aliphatic heterocycles. The van der Waals surface area contributed by atoms with Crippen molar-refractivity contribution in [2.24, 2.45) is 0 Å². The van der Waals surface area contributed by atoms with E-state index in [9.17, 15) is 0 Å². The van der Waals surface area contributed by atoms with Gasteiger partial charge in [-0.2, -0.15) is 0 Å². The highest BCUT2D eigenvalue weighted by molar-refractivity contribution is 6.24. The quantitative estimate of drug-likeness (QED) is 0.176. The maximum Gasteiger partial charge on any atom is 0.0788 e. The summed E-state index contributed by atoms with van der Waals surface area (Å²) in [5.74, 6) is 0. The lowest BCUT2D eigenvalue weighted by Crippen LogP contribution is -2.38. The van der Waals surface area contributed by atoms with E-state index in [0.717, 1.165) is 11.4 Å². The number of hydrogen-bond acceptors (Lipinski definition) is 1. The molecule has 57 heavy (non-hydrogen) atoms. The van der Waals surface area contributed by atoms with Crippen molar-refractivity contribution in [3.8, 4) is 22.5 Å². The maximum atomic E-state index is 2.55. The normalized spacial score (nSPS) is 14.9. The molecule has 0 spiro atoms. The van der Waals surface area contributed by atoms with Crippen LogP contribution in [0.4, 0.5) is 17.1 Å². The molecule has 8 aromatic carbocycles. The van der Waals surface area contributed by atoms with Crippen LogP contribution in [0.1, 0.15) is 49.9 Å². The topological polar surface area (TPSA) is 13.1 Å². The third kappa shape index (κ3) is 4.26. The first-order valence-corrected chi connectivity index (χ1v) is 20.1. The second-order valence-electron chi connectivity index (χ2n) is 17.0. The van der Waals surface area contributed by atoms with Gasteiger partial charge in [0.15, 0.2) is 0 Å². The zero-order valence-corrected chi connectivity index (χ0v) is 32.6. The summed E-state index contributed by atoms with van der Waals surface area (Å²) in [5.41, 5.74) is 18.7. The Morgan fingerprint density at radius 2 is 0.860 bits per heavy atom. The molecule has 0 amide bonds. The van der Waals surface area contributed by atoms with E-state index in [1.165, 1.54) is 94.1 Å². The van der Waals surface area contributed by atoms with Crippen LogP contribution in [0, 0.1) is 0 Å². The van der Waals surface area contributed by atoms with Crippen LogP contribution in [-0.2, 0) is 10.8 Å². The van der Waals surface area contributed by atoms with Crippen molar-refractivity contribution in [3.63, 3.8) is 0 Å². The molecule has 4 heterocycles. The van der Waals surface area contributed by atoms with Crippen molar-refractivity contribution in [1.82, 2.24) is 9.13 Å². The van der Waals surface area contributed by atoms with Crippen LogP contribution >= 0.6 is 0 Å². The second-order valence-corrected chi connectivity index (χ2v) is 17.0. The fourth-order valence-electron chi connectivity index (χ4n) is 10.5. The molecule has 0 saturated heterocycles. The lowest BCUT2D eigenvalue weighted by Gasteiger charge is -2.49. The van der Waals surface area contributed by atoms with Crippen molar-refractivity contribution in [2.45, 2.75) is 38.5 Å². The summed E-state index contributed by atoms with van der Waals surface area (Å²) in [6.07, 6.45) is 0. The molecule has 12 rings (SSSR count). The maximum absolute atomic E-state index is 2.55. The number of anilines is 3. The summed E-state index contributed by atoms with van der Waals surface area (Å²) >= 11 is 0. The minimum Gasteiger partial charge on any atom is -0.309 e. The van der Waals surface area contributed by atoms with Gasteiger partial charge in [-0.25, -0.2) is 0 Å². The molecule has 3 heteroatoms. The van der Waals surface area contributed by atoms with Gasteiger partial charge in [0.1, 0.15) is 0 Å². The van der Waals surface area contributed by atoms with Crippen LogP contribution in [0.2, 0.25) is 0 Å². The largest absolute Gasteiger partial charge is 0.309 e. The van der Waals surface area contributed by atoms with Crippen LogP contribution in [0.25, 0.3) is 66.1 Å². The van der Waals surface area contributed by atoms with E-state index in [-0.39, 0.29) is 10.8 Å². The number of aromatic nitrogens is 2. The highest BCUT2D eigenvalue weighted by atomic mass is 15.2. The Morgan fingerprint density at radius 3 is 1.56 bits per heavy atom. The number of para-hydroxylation sites is 5. The highest BCUT2D eigenvalue weighted by Gasteiger charge is 2.45. The summed E-state index contributed by atoms with van der Waals surface area (Å²) in [7, 11) is 0. The van der Waals surface area contributed by atoms with Crippen LogP contribution in [0.15, 0.2) is 176 Å². The molecular formula is C54H41N3. The molecule has 0 unspecified atom stereocenters. The smallest absolute Gasteiger partial charge is 0.0788 e. The van der Waals surface area contributed by atoms with E-state index in [4.69, 9.17) is 0 Å². The number of benzene rings is 8. The summed E-state index contributed by atoms with van der Waals surface area (Å²) < 4.78 is 4.94. The number of hydrogen-bond donors (Lipinski definition) is 0. The van der Waals surface area contributed by atoms with E-state index >= 15 is 0 Å². The Kier molecular flexibility index (Phi) is 6.46. The zero-order valence-electron chi connectivity index (χ0n) is 32.6. The van der Waals surface area contributed by atoms with Gasteiger partial charge in [-0.1, -0.05) is 143 Å². The van der Waals surface area contributed by atoms with Crippen molar-refractivity contribution < 1.29 is 0 Å². The molecule has 0 bridgehead atoms. The lowest BCUT2D eigenvalue weighted by molar-refractivity contribution is 0.597. The van der Waals surface area contributed by atoms with Gasteiger partial charge < -0.3 is 14.0 Å². The highest BCUT2D eigenvalue weighted by Crippen LogP contribution is 2.60. The summed E-state index contributed by atoms with van der Waals surface area (Å²) in [6, 6.07) is 65.4. The van der Waals surface area contributed by atoms with Crippen LogP contribution in [0.5, 0.6) is 0 Å². The standard InChI is InChI=1S/C54H41N3/c1-53(2)42-21-12-14-25-48(42)57-49-31-27-35(33-45(49)54(3,4)44-23-15-22-43(53)52(44)57)34-26-30-47-41(32-34)40-29-28-39-38-20-11-13-24-46(38)55(36-16-7-5-8-17-36)50(39)51(40)56(47)37-18-9-6-10-19-37/h5-33H,1-4H3. The monoisotopic (exact) mass is 731 g/mol. The first-order valence-electron chi connectivity index (χ1n) is 20.1. The zero-order chi connectivity index (χ0) is 38.2. The molecular weight excluding hydrogens is 691 g/mol. The predicted molar refractivity (Wildman–Crippen MR) is 239 cm³/mol. The first kappa shape index (κ1) is 32.4. The molecule has 2 aliphatic rings. The number of fused-ring (bicyclic) bond motifs is 11. The van der Waals surface area contributed by atoms with Gasteiger partial charge in [0.05, 0.1) is 39.1 Å². The van der Waals surface area contributed by atoms with E-state index in [1.54, 1.807) is 0 Å². The third-order valence-corrected chi connectivity index (χ3v) is 13.3. The van der Waals surface area contributed by atoms with E-state index in [0.29, 0.717) is 0 Å². The molecule has 0 radical (unpaired) electrons. The Bertz CT molecular complexity index is 3290. The van der Waals surface area contributed by atoms with Crippen LogP contribution in [-0.4, -0.2) is 9.13 Å². The first-order chi connectivity index (χ1) is 27.8. The average molecular weight is 732 g/mol. The Labute approximate surface area is 332 Å².